The summed E-state index contributed by atoms with van der Waals surface area (Å²) in [6.07, 6.45) is 0. The van der Waals surface area contributed by atoms with Crippen molar-refractivity contribution in [2.75, 3.05) is 0 Å². The molecule has 19 heavy (non-hydrogen) atoms. The molecule has 0 aliphatic carbocycles. The van der Waals surface area contributed by atoms with Gasteiger partial charge in [-0.15, -0.1) is 0 Å². The highest BCUT2D eigenvalue weighted by Gasteiger charge is 2.13. The Kier molecular flexibility index (Phi) is 4.45. The monoisotopic (exact) mass is 270 g/mol. The molecule has 0 fully saturated rings. The Bertz CT molecular complexity index is 602. The Morgan fingerprint density at radius 3 is 2.32 bits per heavy atom. The number of hydrogen-bond donors (Lipinski definition) is 1. The van der Waals surface area contributed by atoms with E-state index in [0.29, 0.717) is 4.90 Å². The minimum absolute atomic E-state index is 0.580. The zero-order valence-corrected chi connectivity index (χ0v) is 11.4. The number of nitriles is 1. The second kappa shape index (κ2) is 6.28. The Hall–Kier alpha value is -1.96. The third-order valence-corrected chi connectivity index (χ3v) is 3.87. The van der Waals surface area contributed by atoms with Crippen molar-refractivity contribution in [1.82, 2.24) is 4.72 Å². The largest absolute Gasteiger partial charge is 0.237 e. The zero-order chi connectivity index (χ0) is 13.7. The van der Waals surface area contributed by atoms with Gasteiger partial charge in [0.25, 0.3) is 0 Å². The predicted molar refractivity (Wildman–Crippen MR) is 75.5 cm³/mol. The Labute approximate surface area is 115 Å². The fourth-order valence-electron chi connectivity index (χ4n) is 1.65. The van der Waals surface area contributed by atoms with Crippen LogP contribution in [0.3, 0.4) is 0 Å². The maximum absolute atomic E-state index is 12.1. The SMILES string of the molecule is Cc1ccc([S@](=O)N[C@@H](C#N)c2ccccc2)cc1. The van der Waals surface area contributed by atoms with E-state index in [2.05, 4.69) is 10.8 Å². The fraction of sp³-hybridized carbons (Fsp3) is 0.133. The van der Waals surface area contributed by atoms with Crippen LogP contribution in [0.4, 0.5) is 0 Å². The Balaban J connectivity index is 2.13. The van der Waals surface area contributed by atoms with Crippen LogP contribution in [0, 0.1) is 18.3 Å². The summed E-state index contributed by atoms with van der Waals surface area (Å²) in [6, 6.07) is 18.2. The summed E-state index contributed by atoms with van der Waals surface area (Å²) >= 11 is 0. The van der Waals surface area contributed by atoms with Gasteiger partial charge in [-0.25, -0.2) is 8.93 Å². The molecule has 4 heteroatoms. The van der Waals surface area contributed by atoms with Crippen molar-refractivity contribution in [3.8, 4) is 6.07 Å². The van der Waals surface area contributed by atoms with Crippen molar-refractivity contribution in [3.63, 3.8) is 0 Å². The lowest BCUT2D eigenvalue weighted by molar-refractivity contribution is 0.665. The summed E-state index contributed by atoms with van der Waals surface area (Å²) < 4.78 is 15.0. The molecule has 0 heterocycles. The van der Waals surface area contributed by atoms with Gasteiger partial charge in [-0.2, -0.15) is 5.26 Å². The van der Waals surface area contributed by atoms with Crippen LogP contribution >= 0.6 is 0 Å². The summed E-state index contributed by atoms with van der Waals surface area (Å²) in [5.74, 6) is 0. The third-order valence-electron chi connectivity index (χ3n) is 2.72. The fourth-order valence-corrected chi connectivity index (χ4v) is 2.57. The number of hydrogen-bond acceptors (Lipinski definition) is 2. The van der Waals surface area contributed by atoms with E-state index in [-0.39, 0.29) is 0 Å². The number of benzene rings is 2. The molecule has 2 aromatic carbocycles. The summed E-state index contributed by atoms with van der Waals surface area (Å²) in [5, 5.41) is 9.17. The van der Waals surface area contributed by atoms with Gasteiger partial charge in [0.2, 0.25) is 0 Å². The first-order valence-corrected chi connectivity index (χ1v) is 7.05. The molecule has 0 unspecified atom stereocenters. The number of aryl methyl sites for hydroxylation is 1. The standard InChI is InChI=1S/C15H14N2OS/c1-12-7-9-14(10-8-12)19(18)17-15(11-16)13-5-3-2-4-6-13/h2-10,15,17H,1H3/t15-,19-/m0/s1. The van der Waals surface area contributed by atoms with Gasteiger partial charge in [0.1, 0.15) is 17.0 Å². The molecule has 0 aromatic heterocycles. The van der Waals surface area contributed by atoms with Crippen LogP contribution in [0.5, 0.6) is 0 Å². The van der Waals surface area contributed by atoms with E-state index < -0.39 is 17.0 Å². The molecule has 0 spiro atoms. The molecule has 0 aliphatic rings. The number of rotatable bonds is 4. The van der Waals surface area contributed by atoms with E-state index in [1.54, 1.807) is 12.1 Å². The lowest BCUT2D eigenvalue weighted by Crippen LogP contribution is -2.22. The molecule has 2 atom stereocenters. The van der Waals surface area contributed by atoms with Crippen LogP contribution in [0.1, 0.15) is 17.2 Å². The van der Waals surface area contributed by atoms with Crippen molar-refractivity contribution in [2.24, 2.45) is 0 Å². The summed E-state index contributed by atoms with van der Waals surface area (Å²) in [7, 11) is -1.39. The van der Waals surface area contributed by atoms with Crippen molar-refractivity contribution in [2.45, 2.75) is 17.9 Å². The summed E-state index contributed by atoms with van der Waals surface area (Å²) in [6.45, 7) is 1.97. The van der Waals surface area contributed by atoms with Gasteiger partial charge in [0, 0.05) is 0 Å². The van der Waals surface area contributed by atoms with E-state index in [9.17, 15) is 9.47 Å². The second-order valence-electron chi connectivity index (χ2n) is 4.17. The Morgan fingerprint density at radius 1 is 1.11 bits per heavy atom. The molecular weight excluding hydrogens is 256 g/mol. The van der Waals surface area contributed by atoms with Crippen LogP contribution in [0.25, 0.3) is 0 Å². The topological polar surface area (TPSA) is 52.9 Å². The third kappa shape index (κ3) is 3.50. The second-order valence-corrected chi connectivity index (χ2v) is 5.42. The first kappa shape index (κ1) is 13.5. The highest BCUT2D eigenvalue weighted by Crippen LogP contribution is 2.14. The van der Waals surface area contributed by atoms with Crippen LogP contribution in [0.2, 0.25) is 0 Å². The molecule has 0 aliphatic heterocycles. The molecule has 0 saturated heterocycles. The van der Waals surface area contributed by atoms with Gasteiger partial charge >= 0.3 is 0 Å². The van der Waals surface area contributed by atoms with Gasteiger partial charge in [-0.05, 0) is 24.6 Å². The molecule has 2 aromatic rings. The van der Waals surface area contributed by atoms with E-state index in [1.165, 1.54) is 0 Å². The average Bonchev–Trinajstić information content (AvgIpc) is 2.46. The number of nitrogens with one attached hydrogen (secondary N) is 1. The molecule has 0 saturated carbocycles. The van der Waals surface area contributed by atoms with Crippen LogP contribution in [-0.2, 0) is 11.0 Å². The first-order chi connectivity index (χ1) is 9.20. The molecule has 0 radical (unpaired) electrons. The lowest BCUT2D eigenvalue weighted by atomic mass is 10.1. The van der Waals surface area contributed by atoms with E-state index in [0.717, 1.165) is 11.1 Å². The molecule has 96 valence electrons. The summed E-state index contributed by atoms with van der Waals surface area (Å²) in [5.41, 5.74) is 1.92. The van der Waals surface area contributed by atoms with Crippen molar-refractivity contribution in [3.05, 3.63) is 65.7 Å². The van der Waals surface area contributed by atoms with Crippen LogP contribution < -0.4 is 4.72 Å². The minimum atomic E-state index is -1.39. The van der Waals surface area contributed by atoms with Gasteiger partial charge in [0.15, 0.2) is 0 Å². The zero-order valence-electron chi connectivity index (χ0n) is 10.5. The van der Waals surface area contributed by atoms with E-state index in [4.69, 9.17) is 0 Å². The van der Waals surface area contributed by atoms with Crippen molar-refractivity contribution < 1.29 is 4.21 Å². The van der Waals surface area contributed by atoms with Crippen molar-refractivity contribution >= 4 is 11.0 Å². The normalized spacial score (nSPS) is 13.5. The smallest absolute Gasteiger partial charge is 0.132 e. The van der Waals surface area contributed by atoms with E-state index >= 15 is 0 Å². The van der Waals surface area contributed by atoms with Crippen LogP contribution in [-0.4, -0.2) is 4.21 Å². The predicted octanol–water partition coefficient (Wildman–Crippen LogP) is 2.87. The maximum atomic E-state index is 12.1. The van der Waals surface area contributed by atoms with E-state index in [1.807, 2.05) is 49.4 Å². The highest BCUT2D eigenvalue weighted by molar-refractivity contribution is 7.83. The van der Waals surface area contributed by atoms with Gasteiger partial charge in [-0.1, -0.05) is 48.0 Å². The van der Waals surface area contributed by atoms with Gasteiger partial charge in [-0.3, -0.25) is 0 Å². The minimum Gasteiger partial charge on any atom is -0.237 e. The summed E-state index contributed by atoms with van der Waals surface area (Å²) in [4.78, 5) is 0.668. The van der Waals surface area contributed by atoms with Crippen molar-refractivity contribution in [1.29, 1.82) is 5.26 Å². The molecule has 0 amide bonds. The average molecular weight is 270 g/mol. The highest BCUT2D eigenvalue weighted by atomic mass is 32.2. The van der Waals surface area contributed by atoms with Gasteiger partial charge < -0.3 is 0 Å². The molecular formula is C15H14N2OS. The first-order valence-electron chi connectivity index (χ1n) is 5.90. The number of nitrogens with zero attached hydrogens (tertiary/aromatic N) is 1. The molecule has 1 N–H and O–H groups in total. The molecule has 3 nitrogen and oxygen atoms in total. The Morgan fingerprint density at radius 2 is 1.74 bits per heavy atom. The maximum Gasteiger partial charge on any atom is 0.132 e. The molecule has 2 rings (SSSR count). The lowest BCUT2D eigenvalue weighted by Gasteiger charge is -2.11. The quantitative estimate of drug-likeness (QED) is 0.928. The molecule has 0 bridgehead atoms. The van der Waals surface area contributed by atoms with Crippen LogP contribution in [0.15, 0.2) is 59.5 Å². The van der Waals surface area contributed by atoms with Gasteiger partial charge in [0.05, 0.1) is 11.0 Å².